The number of carbonyl (C=O) groups is 1. The number of hydrogen-bond acceptors (Lipinski definition) is 9. The van der Waals surface area contributed by atoms with E-state index in [0.717, 1.165) is 18.2 Å². The van der Waals surface area contributed by atoms with Crippen LogP contribution in [0.5, 0.6) is 5.75 Å². The number of nitro benzene ring substituents is 3. The lowest BCUT2D eigenvalue weighted by Gasteiger charge is -2.09. The maximum absolute atomic E-state index is 11.2. The first-order chi connectivity index (χ1) is 12.1. The van der Waals surface area contributed by atoms with Gasteiger partial charge in [0.15, 0.2) is 5.69 Å². The maximum atomic E-state index is 11.2. The second-order valence-electron chi connectivity index (χ2n) is 4.79. The van der Waals surface area contributed by atoms with Gasteiger partial charge in [0.25, 0.3) is 5.69 Å². The molecule has 0 saturated heterocycles. The van der Waals surface area contributed by atoms with Crippen molar-refractivity contribution in [2.24, 2.45) is 0 Å². The Morgan fingerprint density at radius 3 is 1.85 bits per heavy atom. The molecule has 134 valence electrons. The monoisotopic (exact) mass is 364 g/mol. The SMILES string of the molecule is O=C(O)c1ccc(Nc2c([N+](=O)[O-])cc([N+](=O)[O-])cc2[N+](=O)[O-])cc1O. The van der Waals surface area contributed by atoms with Gasteiger partial charge in [0.1, 0.15) is 11.3 Å². The van der Waals surface area contributed by atoms with E-state index < -0.39 is 54.8 Å². The molecule has 13 heteroatoms. The zero-order valence-corrected chi connectivity index (χ0v) is 12.5. The Labute approximate surface area is 142 Å². The van der Waals surface area contributed by atoms with Crippen molar-refractivity contribution in [3.63, 3.8) is 0 Å². The molecule has 3 N–H and O–H groups in total. The number of carboxylic acid groups (broad SMARTS) is 1. The van der Waals surface area contributed by atoms with Gasteiger partial charge in [-0.1, -0.05) is 0 Å². The molecule has 0 aliphatic heterocycles. The molecule has 13 nitrogen and oxygen atoms in total. The Morgan fingerprint density at radius 1 is 0.923 bits per heavy atom. The highest BCUT2D eigenvalue weighted by Gasteiger charge is 2.30. The number of nitrogens with one attached hydrogen (secondary N) is 1. The summed E-state index contributed by atoms with van der Waals surface area (Å²) < 4.78 is 0. The molecule has 0 aliphatic rings. The summed E-state index contributed by atoms with van der Waals surface area (Å²) in [5.74, 6) is -2.11. The Morgan fingerprint density at radius 2 is 1.46 bits per heavy atom. The van der Waals surface area contributed by atoms with Crippen LogP contribution in [0.1, 0.15) is 10.4 Å². The minimum Gasteiger partial charge on any atom is -0.507 e. The Hall–Kier alpha value is -4.29. The summed E-state index contributed by atoms with van der Waals surface area (Å²) in [6, 6.07) is 4.06. The van der Waals surface area contributed by atoms with Gasteiger partial charge < -0.3 is 15.5 Å². The molecule has 26 heavy (non-hydrogen) atoms. The van der Waals surface area contributed by atoms with Crippen molar-refractivity contribution < 1.29 is 29.8 Å². The lowest BCUT2D eigenvalue weighted by molar-refractivity contribution is -0.401. The summed E-state index contributed by atoms with van der Waals surface area (Å²) in [5.41, 5.74) is -3.94. The van der Waals surface area contributed by atoms with Gasteiger partial charge >= 0.3 is 17.3 Å². The molecule has 0 amide bonds. The van der Waals surface area contributed by atoms with Gasteiger partial charge in [0, 0.05) is 11.8 Å². The number of non-ortho nitro benzene ring substituents is 1. The van der Waals surface area contributed by atoms with Crippen LogP contribution < -0.4 is 5.32 Å². The zero-order valence-electron chi connectivity index (χ0n) is 12.5. The van der Waals surface area contributed by atoms with E-state index >= 15 is 0 Å². The van der Waals surface area contributed by atoms with Crippen LogP contribution in [0.25, 0.3) is 0 Å². The lowest BCUT2D eigenvalue weighted by atomic mass is 10.1. The van der Waals surface area contributed by atoms with Crippen molar-refractivity contribution in [2.45, 2.75) is 0 Å². The molecule has 0 spiro atoms. The minimum absolute atomic E-state index is 0.104. The number of carboxylic acids is 1. The van der Waals surface area contributed by atoms with E-state index in [4.69, 9.17) is 5.11 Å². The number of aromatic carboxylic acids is 1. The molecule has 0 saturated carbocycles. The smallest absolute Gasteiger partial charge is 0.339 e. The van der Waals surface area contributed by atoms with Crippen molar-refractivity contribution in [1.29, 1.82) is 0 Å². The normalized spacial score (nSPS) is 10.2. The Bertz CT molecular complexity index is 922. The van der Waals surface area contributed by atoms with Crippen LogP contribution >= 0.6 is 0 Å². The van der Waals surface area contributed by atoms with E-state index in [0.29, 0.717) is 12.1 Å². The highest BCUT2D eigenvalue weighted by atomic mass is 16.6. The van der Waals surface area contributed by atoms with Crippen LogP contribution in [0.3, 0.4) is 0 Å². The molecule has 0 heterocycles. The van der Waals surface area contributed by atoms with E-state index in [1.165, 1.54) is 0 Å². The van der Waals surface area contributed by atoms with E-state index in [-0.39, 0.29) is 5.69 Å². The zero-order chi connectivity index (χ0) is 19.6. The van der Waals surface area contributed by atoms with E-state index in [1.807, 2.05) is 0 Å². The molecular formula is C13H8N4O9. The molecule has 2 aromatic rings. The van der Waals surface area contributed by atoms with Gasteiger partial charge in [0.05, 0.1) is 26.9 Å². The standard InChI is InChI=1S/C13H8N4O9/c18-11-3-6(1-2-8(11)13(19)20)14-12-9(16(23)24)4-7(15(21)22)5-10(12)17(25)26/h1-5,14,18H,(H,19,20). The number of benzene rings is 2. The van der Waals surface area contributed by atoms with Crippen molar-refractivity contribution >= 4 is 34.4 Å². The number of rotatable bonds is 6. The Balaban J connectivity index is 2.63. The van der Waals surface area contributed by atoms with Gasteiger partial charge in [-0.15, -0.1) is 0 Å². The average Bonchev–Trinajstić information content (AvgIpc) is 2.53. The summed E-state index contributed by atoms with van der Waals surface area (Å²) in [5, 5.41) is 53.9. The van der Waals surface area contributed by atoms with E-state index in [1.54, 1.807) is 0 Å². The molecule has 0 fully saturated rings. The quantitative estimate of drug-likeness (QED) is 0.505. The van der Waals surface area contributed by atoms with Gasteiger partial charge in [0.2, 0.25) is 0 Å². The third kappa shape index (κ3) is 3.45. The first-order valence-electron chi connectivity index (χ1n) is 6.56. The third-order valence-corrected chi connectivity index (χ3v) is 3.18. The maximum Gasteiger partial charge on any atom is 0.339 e. The fraction of sp³-hybridized carbons (Fsp3) is 0. The van der Waals surface area contributed by atoms with Crippen LogP contribution in [0.4, 0.5) is 28.4 Å². The van der Waals surface area contributed by atoms with E-state index in [9.17, 15) is 40.2 Å². The second-order valence-corrected chi connectivity index (χ2v) is 4.79. The van der Waals surface area contributed by atoms with Crippen molar-refractivity contribution in [2.75, 3.05) is 5.32 Å². The lowest BCUT2D eigenvalue weighted by Crippen LogP contribution is -2.04. The van der Waals surface area contributed by atoms with Gasteiger partial charge in [-0.2, -0.15) is 0 Å². The summed E-state index contributed by atoms with van der Waals surface area (Å²) >= 11 is 0. The molecule has 0 atom stereocenters. The molecular weight excluding hydrogens is 356 g/mol. The summed E-state index contributed by atoms with van der Waals surface area (Å²) in [7, 11) is 0. The average molecular weight is 364 g/mol. The fourth-order valence-corrected chi connectivity index (χ4v) is 2.05. The fourth-order valence-electron chi connectivity index (χ4n) is 2.05. The number of hydrogen-bond donors (Lipinski definition) is 3. The third-order valence-electron chi connectivity index (χ3n) is 3.18. The predicted octanol–water partition coefficient (Wildman–Crippen LogP) is 2.56. The second kappa shape index (κ2) is 6.68. The van der Waals surface area contributed by atoms with Gasteiger partial charge in [-0.3, -0.25) is 30.3 Å². The number of nitro groups is 3. The molecule has 0 bridgehead atoms. The van der Waals surface area contributed by atoms with Gasteiger partial charge in [-0.05, 0) is 12.1 Å². The minimum atomic E-state index is -1.43. The topological polar surface area (TPSA) is 199 Å². The van der Waals surface area contributed by atoms with Crippen LogP contribution in [-0.4, -0.2) is 31.0 Å². The molecule has 0 aliphatic carbocycles. The van der Waals surface area contributed by atoms with Crippen molar-refractivity contribution in [3.8, 4) is 5.75 Å². The number of phenols is 1. The van der Waals surface area contributed by atoms with Gasteiger partial charge in [-0.25, -0.2) is 4.79 Å². The molecule has 0 aromatic heterocycles. The van der Waals surface area contributed by atoms with E-state index in [2.05, 4.69) is 5.32 Å². The highest BCUT2D eigenvalue weighted by molar-refractivity contribution is 5.92. The number of anilines is 2. The van der Waals surface area contributed by atoms with Crippen LogP contribution in [0.15, 0.2) is 30.3 Å². The first kappa shape index (κ1) is 18.1. The van der Waals surface area contributed by atoms with Crippen molar-refractivity contribution in [3.05, 3.63) is 66.2 Å². The number of aromatic hydroxyl groups is 1. The van der Waals surface area contributed by atoms with Crippen LogP contribution in [0, 0.1) is 30.3 Å². The molecule has 0 radical (unpaired) electrons. The van der Waals surface area contributed by atoms with Crippen molar-refractivity contribution in [1.82, 2.24) is 0 Å². The first-order valence-corrected chi connectivity index (χ1v) is 6.56. The Kier molecular flexibility index (Phi) is 4.64. The van der Waals surface area contributed by atoms with Crippen LogP contribution in [-0.2, 0) is 0 Å². The summed E-state index contributed by atoms with van der Waals surface area (Å²) in [4.78, 5) is 40.9. The highest BCUT2D eigenvalue weighted by Crippen LogP contribution is 2.40. The summed E-state index contributed by atoms with van der Waals surface area (Å²) in [6.45, 7) is 0. The molecule has 2 rings (SSSR count). The van der Waals surface area contributed by atoms with Crippen LogP contribution in [0.2, 0.25) is 0 Å². The molecule has 2 aromatic carbocycles. The number of nitrogens with zero attached hydrogens (tertiary/aromatic N) is 3. The predicted molar refractivity (Wildman–Crippen MR) is 84.8 cm³/mol. The largest absolute Gasteiger partial charge is 0.507 e. The summed E-state index contributed by atoms with van der Waals surface area (Å²) in [6.07, 6.45) is 0. The molecule has 0 unspecified atom stereocenters.